The van der Waals surface area contributed by atoms with Crippen LogP contribution in [-0.2, 0) is 13.1 Å². The molecule has 7 heteroatoms. The summed E-state index contributed by atoms with van der Waals surface area (Å²) in [5.41, 5.74) is 4.01. The van der Waals surface area contributed by atoms with Crippen molar-refractivity contribution in [2.24, 2.45) is 0 Å². The van der Waals surface area contributed by atoms with Crippen LogP contribution in [0.2, 0.25) is 0 Å². The average molecular weight is 474 g/mol. The van der Waals surface area contributed by atoms with Crippen LogP contribution in [0.1, 0.15) is 32.6 Å². The number of para-hydroxylation sites is 1. The van der Waals surface area contributed by atoms with E-state index in [4.69, 9.17) is 23.7 Å². The van der Waals surface area contributed by atoms with Gasteiger partial charge in [-0.05, 0) is 48.9 Å². The first-order valence-electron chi connectivity index (χ1n) is 11.3. The third kappa shape index (κ3) is 4.19. The maximum Gasteiger partial charge on any atom is 0.232 e. The molecule has 35 heavy (non-hydrogen) atoms. The van der Waals surface area contributed by atoms with Gasteiger partial charge in [0, 0.05) is 24.2 Å². The van der Waals surface area contributed by atoms with E-state index in [1.54, 1.807) is 39.5 Å². The molecule has 0 aliphatic carbocycles. The van der Waals surface area contributed by atoms with Crippen molar-refractivity contribution in [3.8, 4) is 28.7 Å². The summed E-state index contributed by atoms with van der Waals surface area (Å²) < 4.78 is 28.6. The summed E-state index contributed by atoms with van der Waals surface area (Å²) >= 11 is 0. The number of hydrogen-bond donors (Lipinski definition) is 0. The van der Waals surface area contributed by atoms with E-state index in [9.17, 15) is 4.79 Å². The minimum atomic E-state index is -0.160. The number of methoxy groups -OCH3 is 3. The second-order valence-corrected chi connectivity index (χ2v) is 8.49. The first-order valence-corrected chi connectivity index (χ1v) is 11.3. The number of Topliss-reactive ketones (excluding diaryl/α,β-unsaturated/α-hetero) is 1. The van der Waals surface area contributed by atoms with Crippen molar-refractivity contribution >= 4 is 11.9 Å². The van der Waals surface area contributed by atoms with Crippen LogP contribution in [0, 0.1) is 6.92 Å². The Labute approximate surface area is 204 Å². The highest BCUT2D eigenvalue weighted by molar-refractivity contribution is 6.16. The van der Waals surface area contributed by atoms with Crippen molar-refractivity contribution in [3.63, 3.8) is 0 Å². The Hall–Kier alpha value is -3.97. The van der Waals surface area contributed by atoms with Crippen molar-refractivity contribution in [2.75, 3.05) is 28.1 Å². The zero-order chi connectivity index (χ0) is 24.5. The monoisotopic (exact) mass is 473 g/mol. The topological polar surface area (TPSA) is 66.5 Å². The van der Waals surface area contributed by atoms with Gasteiger partial charge in [-0.15, -0.1) is 0 Å². The summed E-state index contributed by atoms with van der Waals surface area (Å²) in [5, 5.41) is 0. The summed E-state index contributed by atoms with van der Waals surface area (Å²) in [5.74, 6) is 3.49. The van der Waals surface area contributed by atoms with Crippen LogP contribution in [-0.4, -0.2) is 38.7 Å². The summed E-state index contributed by atoms with van der Waals surface area (Å²) in [7, 11) is 4.85. The van der Waals surface area contributed by atoms with Gasteiger partial charge in [-0.25, -0.2) is 0 Å². The van der Waals surface area contributed by atoms with Gasteiger partial charge in [0.25, 0.3) is 0 Å². The van der Waals surface area contributed by atoms with E-state index in [0.717, 1.165) is 28.2 Å². The molecule has 0 N–H and O–H groups in total. The van der Waals surface area contributed by atoms with Gasteiger partial charge in [0.1, 0.15) is 35.5 Å². The Balaban J connectivity index is 1.48. The zero-order valence-electron chi connectivity index (χ0n) is 20.2. The SMILES string of the molecule is COc1ccc(OC)c(/C=C2\Oc3c4c(cc(C)c3C2=O)OCN(Cc2ccccc2OC)C4)c1. The predicted molar refractivity (Wildman–Crippen MR) is 131 cm³/mol. The van der Waals surface area contributed by atoms with Crippen LogP contribution in [0.5, 0.6) is 28.7 Å². The van der Waals surface area contributed by atoms with E-state index in [1.165, 1.54) is 0 Å². The first-order chi connectivity index (χ1) is 17.0. The zero-order valence-corrected chi connectivity index (χ0v) is 20.2. The van der Waals surface area contributed by atoms with Crippen molar-refractivity contribution in [3.05, 3.63) is 82.1 Å². The molecule has 0 aromatic heterocycles. The molecule has 3 aromatic carbocycles. The molecular weight excluding hydrogens is 446 g/mol. The highest BCUT2D eigenvalue weighted by Crippen LogP contribution is 2.44. The molecule has 0 saturated heterocycles. The number of rotatable bonds is 6. The third-order valence-electron chi connectivity index (χ3n) is 6.30. The molecular formula is C28H27NO6. The molecule has 5 rings (SSSR count). The van der Waals surface area contributed by atoms with E-state index >= 15 is 0 Å². The fourth-order valence-corrected chi connectivity index (χ4v) is 4.55. The fraction of sp³-hybridized carbons (Fsp3) is 0.250. The molecule has 7 nitrogen and oxygen atoms in total. The van der Waals surface area contributed by atoms with Crippen LogP contribution in [0.15, 0.2) is 54.3 Å². The maximum atomic E-state index is 13.4. The van der Waals surface area contributed by atoms with Gasteiger partial charge in [-0.3, -0.25) is 9.69 Å². The van der Waals surface area contributed by atoms with Gasteiger partial charge in [-0.1, -0.05) is 18.2 Å². The molecule has 0 atom stereocenters. The summed E-state index contributed by atoms with van der Waals surface area (Å²) in [6.07, 6.45) is 1.70. The molecule has 0 saturated carbocycles. The number of fused-ring (bicyclic) bond motifs is 3. The van der Waals surface area contributed by atoms with Crippen LogP contribution in [0.4, 0.5) is 0 Å². The second kappa shape index (κ2) is 9.35. The molecule has 0 radical (unpaired) electrons. The number of nitrogens with zero attached hydrogens (tertiary/aromatic N) is 1. The van der Waals surface area contributed by atoms with E-state index in [1.807, 2.05) is 43.3 Å². The summed E-state index contributed by atoms with van der Waals surface area (Å²) in [4.78, 5) is 15.5. The van der Waals surface area contributed by atoms with Gasteiger partial charge in [0.2, 0.25) is 5.78 Å². The molecule has 0 spiro atoms. The lowest BCUT2D eigenvalue weighted by molar-refractivity contribution is 0.0864. The maximum absolute atomic E-state index is 13.4. The molecule has 0 bridgehead atoms. The number of ether oxygens (including phenoxy) is 5. The lowest BCUT2D eigenvalue weighted by atomic mass is 9.98. The minimum absolute atomic E-state index is 0.160. The van der Waals surface area contributed by atoms with Gasteiger partial charge < -0.3 is 23.7 Å². The largest absolute Gasteiger partial charge is 0.497 e. The molecule has 2 aliphatic heterocycles. The molecule has 2 aliphatic rings. The Morgan fingerprint density at radius 1 is 1.00 bits per heavy atom. The van der Waals surface area contributed by atoms with Crippen LogP contribution in [0.25, 0.3) is 6.08 Å². The second-order valence-electron chi connectivity index (χ2n) is 8.49. The molecule has 0 amide bonds. The molecule has 0 fully saturated rings. The number of benzene rings is 3. The smallest absolute Gasteiger partial charge is 0.232 e. The highest BCUT2D eigenvalue weighted by atomic mass is 16.5. The number of ketones is 1. The molecule has 3 aromatic rings. The molecule has 2 heterocycles. The van der Waals surface area contributed by atoms with E-state index in [-0.39, 0.29) is 11.5 Å². The van der Waals surface area contributed by atoms with Gasteiger partial charge in [0.05, 0.1) is 32.5 Å². The lowest BCUT2D eigenvalue weighted by Crippen LogP contribution is -2.32. The van der Waals surface area contributed by atoms with Crippen LogP contribution < -0.4 is 23.7 Å². The first kappa shape index (κ1) is 22.8. The lowest BCUT2D eigenvalue weighted by Gasteiger charge is -2.30. The van der Waals surface area contributed by atoms with Crippen LogP contribution >= 0.6 is 0 Å². The van der Waals surface area contributed by atoms with Gasteiger partial charge in [-0.2, -0.15) is 0 Å². The van der Waals surface area contributed by atoms with Crippen LogP contribution in [0.3, 0.4) is 0 Å². The Morgan fingerprint density at radius 3 is 2.57 bits per heavy atom. The highest BCUT2D eigenvalue weighted by Gasteiger charge is 2.35. The molecule has 180 valence electrons. The predicted octanol–water partition coefficient (Wildman–Crippen LogP) is 4.99. The summed E-state index contributed by atoms with van der Waals surface area (Å²) in [6.45, 7) is 3.56. The minimum Gasteiger partial charge on any atom is -0.497 e. The van der Waals surface area contributed by atoms with E-state index in [2.05, 4.69) is 4.90 Å². The number of hydrogen-bond acceptors (Lipinski definition) is 7. The normalized spacial score (nSPS) is 15.8. The van der Waals surface area contributed by atoms with Crippen molar-refractivity contribution in [2.45, 2.75) is 20.0 Å². The van der Waals surface area contributed by atoms with E-state index in [0.29, 0.717) is 48.2 Å². The van der Waals surface area contributed by atoms with Gasteiger partial charge >= 0.3 is 0 Å². The number of allylic oxidation sites excluding steroid dienone is 1. The quantitative estimate of drug-likeness (QED) is 0.467. The van der Waals surface area contributed by atoms with E-state index < -0.39 is 0 Å². The fourth-order valence-electron chi connectivity index (χ4n) is 4.55. The molecule has 0 unspecified atom stereocenters. The van der Waals surface area contributed by atoms with Crippen molar-refractivity contribution in [1.82, 2.24) is 4.90 Å². The Morgan fingerprint density at radius 2 is 1.80 bits per heavy atom. The third-order valence-corrected chi connectivity index (χ3v) is 6.30. The Bertz CT molecular complexity index is 1330. The Kier molecular flexibility index (Phi) is 6.09. The summed E-state index contributed by atoms with van der Waals surface area (Å²) in [6, 6.07) is 15.3. The number of aryl methyl sites for hydroxylation is 1. The van der Waals surface area contributed by atoms with Gasteiger partial charge in [0.15, 0.2) is 5.76 Å². The average Bonchev–Trinajstić information content (AvgIpc) is 3.21. The standard InChI is InChI=1S/C28H27NO6/c1-17-11-24-21(15-29(16-34-24)14-18-7-5-6-8-22(18)32-3)28-26(17)27(30)25(35-28)13-19-12-20(31-2)9-10-23(19)33-4/h5-13H,14-16H2,1-4H3/b25-13-. The number of carbonyl (C=O) groups excluding carboxylic acids is 1. The number of carbonyl (C=O) groups is 1. The van der Waals surface area contributed by atoms with Crippen molar-refractivity contribution < 1.29 is 28.5 Å². The van der Waals surface area contributed by atoms with Crippen molar-refractivity contribution in [1.29, 1.82) is 0 Å².